The fraction of sp³-hybridized carbons (Fsp3) is 0.111. The molecule has 7 aromatic rings. The minimum Gasteiger partial charge on any atom is -0.439 e. The van der Waals surface area contributed by atoms with E-state index in [0.29, 0.717) is 0 Å². The summed E-state index contributed by atoms with van der Waals surface area (Å²) < 4.78 is 9.64. The predicted octanol–water partition coefficient (Wildman–Crippen LogP) is 6.14. The summed E-state index contributed by atoms with van der Waals surface area (Å²) in [6, 6.07) is 22.1. The van der Waals surface area contributed by atoms with Crippen molar-refractivity contribution in [2.75, 3.05) is 0 Å². The van der Waals surface area contributed by atoms with Gasteiger partial charge in [-0.3, -0.25) is 0 Å². The Morgan fingerprint density at radius 2 is 1.64 bits per heavy atom. The van der Waals surface area contributed by atoms with Gasteiger partial charge in [-0.15, -0.1) is 0 Å². The van der Waals surface area contributed by atoms with E-state index in [1.54, 1.807) is 6.20 Å². The molecular weight excluding hydrogens is 589 g/mol. The van der Waals surface area contributed by atoms with Crippen LogP contribution in [0.25, 0.3) is 49.3 Å². The number of aromatic nitrogens is 4. The third-order valence-electron chi connectivity index (χ3n) is 6.52. The molecule has 0 aliphatic carbocycles. The van der Waals surface area contributed by atoms with Crippen molar-refractivity contribution in [2.24, 2.45) is 0 Å². The van der Waals surface area contributed by atoms with Crippen LogP contribution in [0.2, 0.25) is 0 Å². The molecule has 3 aromatic carbocycles. The van der Waals surface area contributed by atoms with Gasteiger partial charge in [-0.2, -0.15) is 5.16 Å². The first-order chi connectivity index (χ1) is 15.8. The number of hydrogen-bond donors (Lipinski definition) is 0. The normalized spacial score (nSPS) is 11.8. The summed E-state index contributed by atoms with van der Waals surface area (Å²) in [4.78, 5) is 4.45. The zero-order valence-electron chi connectivity index (χ0n) is 17.9. The Morgan fingerprint density at radius 3 is 2.48 bits per heavy atom. The number of rotatable bonds is 3. The van der Waals surface area contributed by atoms with Crippen molar-refractivity contribution in [1.82, 2.24) is 19.1 Å². The van der Waals surface area contributed by atoms with E-state index >= 15 is 0 Å². The van der Waals surface area contributed by atoms with Crippen molar-refractivity contribution in [3.63, 3.8) is 0 Å². The summed E-state index contributed by atoms with van der Waals surface area (Å²) in [5, 5.41) is 8.72. The second kappa shape index (κ2) is 7.55. The van der Waals surface area contributed by atoms with Crippen molar-refractivity contribution >= 4 is 49.3 Å². The summed E-state index contributed by atoms with van der Waals surface area (Å²) in [5.41, 5.74) is 7.81. The van der Waals surface area contributed by atoms with Crippen molar-refractivity contribution in [2.45, 2.75) is 19.9 Å². The molecule has 0 aliphatic heterocycles. The van der Waals surface area contributed by atoms with Crippen LogP contribution in [0.15, 0.2) is 77.6 Å². The Hall–Kier alpha value is -3.47. The minimum atomic E-state index is 0. The van der Waals surface area contributed by atoms with Crippen molar-refractivity contribution in [3.8, 4) is 0 Å². The molecule has 0 spiro atoms. The first-order valence-electron chi connectivity index (χ1n) is 10.9. The van der Waals surface area contributed by atoms with Crippen LogP contribution >= 0.6 is 0 Å². The van der Waals surface area contributed by atoms with Crippen LogP contribution in [0.5, 0.6) is 0 Å². The van der Waals surface area contributed by atoms with E-state index in [2.05, 4.69) is 93.0 Å². The average molecular weight is 608 g/mol. The van der Waals surface area contributed by atoms with E-state index in [1.165, 1.54) is 32.9 Å². The molecule has 0 fully saturated rings. The number of imidazole rings is 1. The maximum atomic E-state index is 5.18. The SMILES string of the molecule is CCn1c2ccccc2c2cc(Cc3ccc4c(c3)c3no[c-]c3c3nccn43)ccc21.[Ir]. The van der Waals surface area contributed by atoms with Gasteiger partial charge in [0.25, 0.3) is 0 Å². The predicted molar refractivity (Wildman–Crippen MR) is 127 cm³/mol. The fourth-order valence-corrected chi connectivity index (χ4v) is 5.11. The van der Waals surface area contributed by atoms with Gasteiger partial charge in [-0.25, -0.2) is 0 Å². The van der Waals surface area contributed by atoms with Gasteiger partial charge >= 0.3 is 0 Å². The smallest absolute Gasteiger partial charge is 0.0491 e. The van der Waals surface area contributed by atoms with Crippen LogP contribution in [0.4, 0.5) is 0 Å². The van der Waals surface area contributed by atoms with Crippen LogP contribution in [-0.2, 0) is 33.1 Å². The standard InChI is InChI=1S/C27H19N4O.Ir/c1-2-30-23-6-4-3-5-19(23)20-14-17(7-9-24(20)30)13-18-8-10-25-21(15-18)26-22(16-32-29-26)27-28-11-12-31(25)27;/h3-12,14-15H,2,13H2,1H3;/q-1;. The molecule has 0 amide bonds. The molecule has 163 valence electrons. The summed E-state index contributed by atoms with van der Waals surface area (Å²) in [6.45, 7) is 3.16. The Bertz CT molecular complexity index is 1810. The fourth-order valence-electron chi connectivity index (χ4n) is 5.11. The number of nitrogens with zero attached hydrogens (tertiary/aromatic N) is 4. The second-order valence-electron chi connectivity index (χ2n) is 8.27. The number of benzene rings is 3. The molecule has 0 saturated carbocycles. The van der Waals surface area contributed by atoms with Crippen LogP contribution in [-0.4, -0.2) is 19.1 Å². The van der Waals surface area contributed by atoms with Crippen LogP contribution in [0.3, 0.4) is 0 Å². The van der Waals surface area contributed by atoms with Crippen LogP contribution in [0.1, 0.15) is 18.1 Å². The number of pyridine rings is 1. The molecule has 0 aliphatic rings. The van der Waals surface area contributed by atoms with Gasteiger partial charge in [0.05, 0.1) is 0 Å². The van der Waals surface area contributed by atoms with Crippen molar-refractivity contribution in [1.29, 1.82) is 0 Å². The summed E-state index contributed by atoms with van der Waals surface area (Å²) in [5.74, 6) is 0. The number of para-hydroxylation sites is 1. The molecule has 1 radical (unpaired) electrons. The van der Waals surface area contributed by atoms with Gasteiger partial charge in [0.15, 0.2) is 0 Å². The molecule has 0 saturated heterocycles. The molecule has 6 heteroatoms. The first-order valence-corrected chi connectivity index (χ1v) is 10.9. The molecule has 0 unspecified atom stereocenters. The van der Waals surface area contributed by atoms with E-state index in [4.69, 9.17) is 4.52 Å². The molecule has 4 heterocycles. The second-order valence-corrected chi connectivity index (χ2v) is 8.27. The zero-order valence-corrected chi connectivity index (χ0v) is 20.3. The zero-order chi connectivity index (χ0) is 21.2. The largest absolute Gasteiger partial charge is 0.439 e. The third-order valence-corrected chi connectivity index (χ3v) is 6.52. The van der Waals surface area contributed by atoms with Crippen LogP contribution in [0, 0.1) is 6.26 Å². The van der Waals surface area contributed by atoms with E-state index in [0.717, 1.165) is 40.4 Å². The van der Waals surface area contributed by atoms with E-state index in [9.17, 15) is 0 Å². The van der Waals surface area contributed by atoms with Gasteiger partial charge in [0.2, 0.25) is 0 Å². The molecule has 33 heavy (non-hydrogen) atoms. The quantitative estimate of drug-likeness (QED) is 0.227. The Kier molecular flexibility index (Phi) is 4.61. The van der Waals surface area contributed by atoms with Gasteiger partial charge in [-0.1, -0.05) is 41.8 Å². The molecule has 0 atom stereocenters. The maximum Gasteiger partial charge on any atom is 0.0491 e. The number of aryl methyl sites for hydroxylation is 1. The van der Waals surface area contributed by atoms with Crippen molar-refractivity contribution < 1.29 is 24.6 Å². The summed E-state index contributed by atoms with van der Waals surface area (Å²) >= 11 is 0. The van der Waals surface area contributed by atoms with Gasteiger partial charge in [0, 0.05) is 83.8 Å². The average Bonchev–Trinajstić information content (AvgIpc) is 3.56. The first kappa shape index (κ1) is 20.2. The number of hydrogen-bond acceptors (Lipinski definition) is 3. The molecule has 5 nitrogen and oxygen atoms in total. The summed E-state index contributed by atoms with van der Waals surface area (Å²) in [7, 11) is 0. The summed E-state index contributed by atoms with van der Waals surface area (Å²) in [6.07, 6.45) is 7.50. The topological polar surface area (TPSA) is 48.3 Å². The molecule has 4 aromatic heterocycles. The molecule has 0 N–H and O–H groups in total. The molecular formula is C27H19IrN4O-. The Morgan fingerprint density at radius 1 is 0.879 bits per heavy atom. The number of fused-ring (bicyclic) bond motifs is 9. The van der Waals surface area contributed by atoms with E-state index < -0.39 is 0 Å². The van der Waals surface area contributed by atoms with Gasteiger partial charge < -0.3 is 18.5 Å². The van der Waals surface area contributed by atoms with Gasteiger partial charge in [0.1, 0.15) is 0 Å². The van der Waals surface area contributed by atoms with E-state index in [1.807, 2.05) is 6.20 Å². The minimum absolute atomic E-state index is 0. The molecule has 7 rings (SSSR count). The Labute approximate surface area is 203 Å². The van der Waals surface area contributed by atoms with E-state index in [-0.39, 0.29) is 20.1 Å². The third kappa shape index (κ3) is 2.88. The van der Waals surface area contributed by atoms with Crippen molar-refractivity contribution in [3.05, 3.63) is 90.4 Å². The monoisotopic (exact) mass is 608 g/mol. The van der Waals surface area contributed by atoms with Crippen LogP contribution < -0.4 is 0 Å². The Balaban J connectivity index is 0.00000206. The van der Waals surface area contributed by atoms with Gasteiger partial charge in [-0.05, 0) is 54.1 Å². The maximum absolute atomic E-state index is 5.18. The molecule has 0 bridgehead atoms.